The zero-order valence-corrected chi connectivity index (χ0v) is 9.32. The van der Waals surface area contributed by atoms with Gasteiger partial charge in [-0.15, -0.1) is 0 Å². The van der Waals surface area contributed by atoms with Crippen molar-refractivity contribution in [1.82, 2.24) is 10.2 Å². The van der Waals surface area contributed by atoms with Crippen LogP contribution in [0.25, 0.3) is 0 Å². The molecule has 1 heterocycles. The minimum Gasteiger partial charge on any atom is -0.344 e. The Balaban J connectivity index is 2.10. The molecule has 0 aromatic carbocycles. The topological polar surface area (TPSA) is 49.4 Å². The monoisotopic (exact) mass is 210 g/mol. The fourth-order valence-corrected chi connectivity index (χ4v) is 2.20. The Hall–Kier alpha value is -1.06. The molecule has 1 saturated heterocycles. The van der Waals surface area contributed by atoms with Crippen LogP contribution in [0.15, 0.2) is 0 Å². The normalized spacial score (nSPS) is 36.1. The lowest BCUT2D eigenvalue weighted by Gasteiger charge is -2.23. The summed E-state index contributed by atoms with van der Waals surface area (Å²) >= 11 is 0. The summed E-state index contributed by atoms with van der Waals surface area (Å²) in [6.07, 6.45) is 2.23. The molecule has 0 aromatic heterocycles. The lowest BCUT2D eigenvalue weighted by molar-refractivity contribution is -0.134. The Morgan fingerprint density at radius 3 is 2.67 bits per heavy atom. The van der Waals surface area contributed by atoms with E-state index in [1.807, 2.05) is 11.8 Å². The van der Waals surface area contributed by atoms with Gasteiger partial charge in [0.15, 0.2) is 0 Å². The molecule has 0 bridgehead atoms. The summed E-state index contributed by atoms with van der Waals surface area (Å²) in [7, 11) is 0. The number of rotatable bonds is 2. The van der Waals surface area contributed by atoms with Crippen molar-refractivity contribution in [3.63, 3.8) is 0 Å². The number of nitrogens with zero attached hydrogens (tertiary/aromatic N) is 1. The first kappa shape index (κ1) is 10.5. The number of nitrogens with one attached hydrogen (secondary N) is 1. The van der Waals surface area contributed by atoms with Crippen molar-refractivity contribution >= 4 is 11.8 Å². The maximum atomic E-state index is 12.1. The maximum Gasteiger partial charge on any atom is 0.245 e. The van der Waals surface area contributed by atoms with E-state index >= 15 is 0 Å². The van der Waals surface area contributed by atoms with Crippen molar-refractivity contribution in [1.29, 1.82) is 0 Å². The van der Waals surface area contributed by atoms with E-state index in [4.69, 9.17) is 0 Å². The molecular weight excluding hydrogens is 192 g/mol. The third-order valence-electron chi connectivity index (χ3n) is 3.37. The molecule has 2 aliphatic rings. The van der Waals surface area contributed by atoms with E-state index in [0.717, 1.165) is 6.42 Å². The highest BCUT2D eigenvalue weighted by atomic mass is 16.2. The first-order valence-electron chi connectivity index (χ1n) is 5.73. The first-order chi connectivity index (χ1) is 7.13. The second-order valence-electron chi connectivity index (χ2n) is 4.59. The van der Waals surface area contributed by atoms with E-state index in [-0.39, 0.29) is 17.9 Å². The van der Waals surface area contributed by atoms with Crippen LogP contribution in [0.5, 0.6) is 0 Å². The molecule has 0 spiro atoms. The highest BCUT2D eigenvalue weighted by Crippen LogP contribution is 2.35. The average molecular weight is 210 g/mol. The van der Waals surface area contributed by atoms with Crippen LogP contribution in [0.1, 0.15) is 33.1 Å². The molecule has 2 rings (SSSR count). The minimum atomic E-state index is -0.298. The van der Waals surface area contributed by atoms with Crippen molar-refractivity contribution in [3.8, 4) is 0 Å². The van der Waals surface area contributed by atoms with Crippen LogP contribution in [0.2, 0.25) is 0 Å². The molecule has 4 heteroatoms. The predicted molar refractivity (Wildman–Crippen MR) is 56.1 cm³/mol. The first-order valence-corrected chi connectivity index (χ1v) is 5.73. The molecular formula is C11H18N2O2. The van der Waals surface area contributed by atoms with E-state index in [1.54, 1.807) is 0 Å². The van der Waals surface area contributed by atoms with Crippen molar-refractivity contribution in [2.24, 2.45) is 5.92 Å². The number of hydrogen-bond acceptors (Lipinski definition) is 2. The minimum absolute atomic E-state index is 0.00556. The van der Waals surface area contributed by atoms with Crippen LogP contribution < -0.4 is 5.32 Å². The molecule has 84 valence electrons. The Morgan fingerprint density at radius 2 is 2.13 bits per heavy atom. The van der Waals surface area contributed by atoms with E-state index in [1.165, 1.54) is 0 Å². The van der Waals surface area contributed by atoms with Gasteiger partial charge in [-0.2, -0.15) is 0 Å². The number of carbonyl (C=O) groups is 2. The SMILES string of the molecule is CCC1NC(=O)CCN(C2CC2C)C1=O. The third-order valence-corrected chi connectivity index (χ3v) is 3.37. The molecule has 2 fully saturated rings. The average Bonchev–Trinajstić information content (AvgIpc) is 2.92. The van der Waals surface area contributed by atoms with Gasteiger partial charge in [-0.25, -0.2) is 0 Å². The summed E-state index contributed by atoms with van der Waals surface area (Å²) in [5.74, 6) is 0.725. The molecule has 0 aromatic rings. The van der Waals surface area contributed by atoms with Crippen molar-refractivity contribution in [2.75, 3.05) is 6.54 Å². The highest BCUT2D eigenvalue weighted by molar-refractivity contribution is 5.90. The Bertz CT molecular complexity index is 290. The third kappa shape index (κ3) is 1.98. The number of amides is 2. The lowest BCUT2D eigenvalue weighted by Crippen LogP contribution is -2.45. The van der Waals surface area contributed by atoms with Gasteiger partial charge < -0.3 is 10.2 Å². The number of carbonyl (C=O) groups excluding carboxylic acids is 2. The van der Waals surface area contributed by atoms with Gasteiger partial charge >= 0.3 is 0 Å². The van der Waals surface area contributed by atoms with Gasteiger partial charge in [0.05, 0.1) is 0 Å². The molecule has 1 saturated carbocycles. The summed E-state index contributed by atoms with van der Waals surface area (Å²) in [6.45, 7) is 4.68. The van der Waals surface area contributed by atoms with E-state index < -0.39 is 0 Å². The zero-order valence-electron chi connectivity index (χ0n) is 9.32. The van der Waals surface area contributed by atoms with Crippen LogP contribution >= 0.6 is 0 Å². The van der Waals surface area contributed by atoms with Gasteiger partial charge in [-0.1, -0.05) is 13.8 Å². The van der Waals surface area contributed by atoms with Crippen molar-refractivity contribution in [2.45, 2.75) is 45.2 Å². The van der Waals surface area contributed by atoms with Crippen LogP contribution in [0, 0.1) is 5.92 Å². The number of hydrogen-bond donors (Lipinski definition) is 1. The Morgan fingerprint density at radius 1 is 1.47 bits per heavy atom. The largest absolute Gasteiger partial charge is 0.344 e. The van der Waals surface area contributed by atoms with Crippen LogP contribution in [0.4, 0.5) is 0 Å². The molecule has 1 N–H and O–H groups in total. The molecule has 3 atom stereocenters. The standard InChI is InChI=1S/C11H18N2O2/c1-3-8-11(15)13(9-6-7(9)2)5-4-10(14)12-8/h7-9H,3-6H2,1-2H3,(H,12,14). The summed E-state index contributed by atoms with van der Waals surface area (Å²) < 4.78 is 0. The summed E-state index contributed by atoms with van der Waals surface area (Å²) in [4.78, 5) is 25.3. The second-order valence-corrected chi connectivity index (χ2v) is 4.59. The lowest BCUT2D eigenvalue weighted by atomic mass is 10.2. The molecule has 1 aliphatic carbocycles. The maximum absolute atomic E-state index is 12.1. The summed E-state index contributed by atoms with van der Waals surface area (Å²) in [5, 5.41) is 2.78. The quantitative estimate of drug-likeness (QED) is 0.722. The Kier molecular flexibility index (Phi) is 2.67. The molecule has 15 heavy (non-hydrogen) atoms. The highest BCUT2D eigenvalue weighted by Gasteiger charge is 2.43. The fraction of sp³-hybridized carbons (Fsp3) is 0.818. The molecule has 0 radical (unpaired) electrons. The summed E-state index contributed by atoms with van der Waals surface area (Å²) in [6, 6.07) is 0.0899. The summed E-state index contributed by atoms with van der Waals surface area (Å²) in [5.41, 5.74) is 0. The Labute approximate surface area is 90.0 Å². The van der Waals surface area contributed by atoms with Gasteiger partial charge in [0.2, 0.25) is 11.8 Å². The van der Waals surface area contributed by atoms with Crippen molar-refractivity contribution < 1.29 is 9.59 Å². The molecule has 3 unspecified atom stereocenters. The van der Waals surface area contributed by atoms with E-state index in [0.29, 0.717) is 31.3 Å². The predicted octanol–water partition coefficient (Wildman–Crippen LogP) is 0.522. The molecule has 2 amide bonds. The fourth-order valence-electron chi connectivity index (χ4n) is 2.20. The van der Waals surface area contributed by atoms with Gasteiger partial charge in [0, 0.05) is 19.0 Å². The molecule has 4 nitrogen and oxygen atoms in total. The zero-order chi connectivity index (χ0) is 11.0. The van der Waals surface area contributed by atoms with Crippen LogP contribution in [-0.4, -0.2) is 35.3 Å². The smallest absolute Gasteiger partial charge is 0.245 e. The molecule has 1 aliphatic heterocycles. The van der Waals surface area contributed by atoms with Crippen LogP contribution in [-0.2, 0) is 9.59 Å². The van der Waals surface area contributed by atoms with Gasteiger partial charge in [-0.05, 0) is 18.8 Å². The van der Waals surface area contributed by atoms with Crippen LogP contribution in [0.3, 0.4) is 0 Å². The second kappa shape index (κ2) is 3.83. The van der Waals surface area contributed by atoms with E-state index in [2.05, 4.69) is 12.2 Å². The van der Waals surface area contributed by atoms with Gasteiger partial charge in [0.25, 0.3) is 0 Å². The van der Waals surface area contributed by atoms with Gasteiger partial charge in [0.1, 0.15) is 6.04 Å². The van der Waals surface area contributed by atoms with Crippen molar-refractivity contribution in [3.05, 3.63) is 0 Å². The van der Waals surface area contributed by atoms with Gasteiger partial charge in [-0.3, -0.25) is 9.59 Å². The van der Waals surface area contributed by atoms with E-state index in [9.17, 15) is 9.59 Å².